The topological polar surface area (TPSA) is 54.0 Å². The molecule has 0 radical (unpaired) electrons. The third-order valence-electron chi connectivity index (χ3n) is 8.05. The lowest BCUT2D eigenvalue weighted by Crippen LogP contribution is -2.40. The van der Waals surface area contributed by atoms with E-state index in [4.69, 9.17) is 9.41 Å². The van der Waals surface area contributed by atoms with Crippen molar-refractivity contribution in [1.29, 1.82) is 0 Å². The fraction of sp³-hybridized carbons (Fsp3) is 0.500. The second kappa shape index (κ2) is 9.30. The van der Waals surface area contributed by atoms with E-state index in [0.717, 1.165) is 65.7 Å². The molecule has 1 aliphatic carbocycles. The van der Waals surface area contributed by atoms with Gasteiger partial charge in [-0.1, -0.05) is 36.7 Å². The quantitative estimate of drug-likeness (QED) is 0.166. The number of hydrogen-bond donors (Lipinski definition) is 0. The molecule has 0 N–H and O–H groups in total. The van der Waals surface area contributed by atoms with Crippen LogP contribution in [0.5, 0.6) is 0 Å². The van der Waals surface area contributed by atoms with Gasteiger partial charge in [-0.25, -0.2) is 4.79 Å². The van der Waals surface area contributed by atoms with E-state index in [-0.39, 0.29) is 10.7 Å². The summed E-state index contributed by atoms with van der Waals surface area (Å²) in [5, 5.41) is 1.39. The van der Waals surface area contributed by atoms with Gasteiger partial charge in [0.2, 0.25) is 0 Å². The van der Waals surface area contributed by atoms with Gasteiger partial charge in [0.25, 0.3) is 0 Å². The van der Waals surface area contributed by atoms with Crippen molar-refractivity contribution in [2.45, 2.75) is 77.2 Å². The Labute approximate surface area is 222 Å². The summed E-state index contributed by atoms with van der Waals surface area (Å²) in [7, 11) is 0.136. The van der Waals surface area contributed by atoms with Crippen LogP contribution in [0.2, 0.25) is 18.1 Å². The third kappa shape index (κ3) is 4.52. The van der Waals surface area contributed by atoms with E-state index < -0.39 is 8.32 Å². The Bertz CT molecular complexity index is 1490. The molecule has 0 saturated heterocycles. The number of hydrogen-bond acceptors (Lipinski definition) is 3. The predicted octanol–water partition coefficient (Wildman–Crippen LogP) is 7.26. The molecule has 1 saturated carbocycles. The highest BCUT2D eigenvalue weighted by Crippen LogP contribution is 2.39. The monoisotopic (exact) mass is 568 g/mol. The van der Waals surface area contributed by atoms with E-state index in [2.05, 4.69) is 78.6 Å². The number of aryl methyl sites for hydroxylation is 2. The molecular weight excluding hydrogens is 532 g/mol. The molecule has 6 nitrogen and oxygen atoms in total. The van der Waals surface area contributed by atoms with E-state index in [9.17, 15) is 4.79 Å². The normalized spacial score (nSPS) is 14.9. The van der Waals surface area contributed by atoms with E-state index in [1.165, 1.54) is 10.9 Å². The van der Waals surface area contributed by atoms with E-state index in [1.807, 2.05) is 23.9 Å². The van der Waals surface area contributed by atoms with Crippen LogP contribution < -0.4 is 5.69 Å². The number of pyridine rings is 1. The third-order valence-corrected chi connectivity index (χ3v) is 13.1. The number of rotatable bonds is 8. The average molecular weight is 570 g/mol. The van der Waals surface area contributed by atoms with Crippen molar-refractivity contribution in [2.75, 3.05) is 6.61 Å². The van der Waals surface area contributed by atoms with Crippen LogP contribution in [-0.2, 0) is 18.0 Å². The standard InChI is InChI=1S/C28H37BrN4O2Si/c1-28(2,3)36(5,6)35-16-8-7-15-32-22-12-9-20(29)17-19(22)18-24(32)25-26-23(13-14-30-25)33(21-10-11-21)27(34)31(26)4/h9,12-14,17-18,21H,7-8,10-11,15-16H2,1-6H3. The summed E-state index contributed by atoms with van der Waals surface area (Å²) >= 11 is 3.63. The first kappa shape index (κ1) is 25.5. The van der Waals surface area contributed by atoms with E-state index >= 15 is 0 Å². The number of aromatic nitrogens is 4. The maximum absolute atomic E-state index is 13.1. The molecule has 1 aliphatic rings. The van der Waals surface area contributed by atoms with Gasteiger partial charge in [0.15, 0.2) is 8.32 Å². The maximum atomic E-state index is 13.1. The van der Waals surface area contributed by atoms with Gasteiger partial charge < -0.3 is 8.99 Å². The van der Waals surface area contributed by atoms with Crippen molar-refractivity contribution in [3.63, 3.8) is 0 Å². The minimum Gasteiger partial charge on any atom is -0.417 e. The van der Waals surface area contributed by atoms with E-state index in [0.29, 0.717) is 6.04 Å². The lowest BCUT2D eigenvalue weighted by atomic mass is 10.2. The second-order valence-corrected chi connectivity index (χ2v) is 17.4. The Balaban J connectivity index is 1.50. The average Bonchev–Trinajstić information content (AvgIpc) is 3.53. The van der Waals surface area contributed by atoms with Crippen LogP contribution in [0.15, 0.2) is 45.8 Å². The second-order valence-electron chi connectivity index (χ2n) is 11.7. The summed E-state index contributed by atoms with van der Waals surface area (Å²) in [6, 6.07) is 10.9. The zero-order valence-corrected chi connectivity index (χ0v) is 24.9. The Morgan fingerprint density at radius 1 is 1.11 bits per heavy atom. The van der Waals surface area contributed by atoms with Crippen molar-refractivity contribution in [3.8, 4) is 11.4 Å². The highest BCUT2D eigenvalue weighted by molar-refractivity contribution is 9.10. The molecule has 3 heterocycles. The minimum absolute atomic E-state index is 0.0509. The predicted molar refractivity (Wildman–Crippen MR) is 154 cm³/mol. The Hall–Kier alpha value is -2.16. The first-order chi connectivity index (χ1) is 17.0. The van der Waals surface area contributed by atoms with Crippen LogP contribution in [0.1, 0.15) is 52.5 Å². The van der Waals surface area contributed by atoms with Gasteiger partial charge in [-0.2, -0.15) is 0 Å². The Morgan fingerprint density at radius 3 is 2.56 bits per heavy atom. The number of unbranched alkanes of at least 4 members (excludes halogenated alkanes) is 1. The van der Waals surface area contributed by atoms with Crippen LogP contribution >= 0.6 is 15.9 Å². The number of halogens is 1. The van der Waals surface area contributed by atoms with Crippen molar-refractivity contribution >= 4 is 46.2 Å². The van der Waals surface area contributed by atoms with Gasteiger partial charge in [-0.05, 0) is 74.1 Å². The molecule has 5 rings (SSSR count). The molecule has 192 valence electrons. The number of nitrogens with zero attached hydrogens (tertiary/aromatic N) is 4. The maximum Gasteiger partial charge on any atom is 0.329 e. The van der Waals surface area contributed by atoms with Crippen molar-refractivity contribution in [3.05, 3.63) is 51.5 Å². The minimum atomic E-state index is -1.74. The molecule has 0 aliphatic heterocycles. The summed E-state index contributed by atoms with van der Waals surface area (Å²) < 4.78 is 13.6. The number of fused-ring (bicyclic) bond motifs is 2. The van der Waals surface area contributed by atoms with Crippen LogP contribution in [-0.4, -0.2) is 33.6 Å². The van der Waals surface area contributed by atoms with E-state index in [1.54, 1.807) is 4.57 Å². The molecule has 1 aromatic carbocycles. The van der Waals surface area contributed by atoms with Crippen LogP contribution in [0.3, 0.4) is 0 Å². The largest absolute Gasteiger partial charge is 0.417 e. The van der Waals surface area contributed by atoms with Gasteiger partial charge in [-0.3, -0.25) is 14.1 Å². The summed E-state index contributed by atoms with van der Waals surface area (Å²) in [4.78, 5) is 18.0. The smallest absolute Gasteiger partial charge is 0.329 e. The highest BCUT2D eigenvalue weighted by atomic mass is 79.9. The van der Waals surface area contributed by atoms with Crippen LogP contribution in [0.4, 0.5) is 0 Å². The first-order valence-corrected chi connectivity index (χ1v) is 16.7. The van der Waals surface area contributed by atoms with Gasteiger partial charge >= 0.3 is 5.69 Å². The molecule has 0 atom stereocenters. The zero-order chi connectivity index (χ0) is 25.8. The molecule has 3 aromatic heterocycles. The Morgan fingerprint density at radius 2 is 1.86 bits per heavy atom. The number of imidazole rings is 1. The number of benzene rings is 1. The molecule has 1 fully saturated rings. The molecular formula is C28H37BrN4O2Si. The molecule has 0 amide bonds. The molecule has 8 heteroatoms. The van der Waals surface area contributed by atoms with Crippen molar-refractivity contribution in [2.24, 2.45) is 7.05 Å². The van der Waals surface area contributed by atoms with Gasteiger partial charge in [-0.15, -0.1) is 0 Å². The fourth-order valence-corrected chi connectivity index (χ4v) is 6.26. The zero-order valence-electron chi connectivity index (χ0n) is 22.3. The van der Waals surface area contributed by atoms with Gasteiger partial charge in [0, 0.05) is 47.8 Å². The van der Waals surface area contributed by atoms with Crippen LogP contribution in [0, 0.1) is 0 Å². The van der Waals surface area contributed by atoms with Crippen molar-refractivity contribution in [1.82, 2.24) is 18.7 Å². The van der Waals surface area contributed by atoms with Crippen molar-refractivity contribution < 1.29 is 4.43 Å². The fourth-order valence-electron chi connectivity index (χ4n) is 4.80. The van der Waals surface area contributed by atoms with Gasteiger partial charge in [0.05, 0.1) is 16.7 Å². The highest BCUT2D eigenvalue weighted by Gasteiger charge is 2.36. The molecule has 36 heavy (non-hydrogen) atoms. The summed E-state index contributed by atoms with van der Waals surface area (Å²) in [5.74, 6) is 0. The summed E-state index contributed by atoms with van der Waals surface area (Å²) in [6.07, 6.45) is 6.01. The molecule has 0 unspecified atom stereocenters. The Kier molecular flexibility index (Phi) is 6.58. The first-order valence-electron chi connectivity index (χ1n) is 13.0. The molecule has 0 bridgehead atoms. The molecule has 4 aromatic rings. The molecule has 0 spiro atoms. The van der Waals surface area contributed by atoms with Gasteiger partial charge in [0.1, 0.15) is 5.69 Å². The SMILES string of the molecule is Cn1c(=O)n(C2CC2)c2ccnc(-c3cc4cc(Br)ccc4n3CCCCO[Si](C)(C)C(C)(C)C)c21. The summed E-state index contributed by atoms with van der Waals surface area (Å²) in [6.45, 7) is 13.1. The summed E-state index contributed by atoms with van der Waals surface area (Å²) in [5.41, 5.74) is 5.06. The lowest BCUT2D eigenvalue weighted by Gasteiger charge is -2.36. The lowest BCUT2D eigenvalue weighted by molar-refractivity contribution is 0.276. The van der Waals surface area contributed by atoms with Crippen LogP contribution in [0.25, 0.3) is 33.3 Å².